The summed E-state index contributed by atoms with van der Waals surface area (Å²) < 4.78 is 21.9. The molecule has 1 saturated carbocycles. The number of aromatic nitrogens is 1. The van der Waals surface area contributed by atoms with Crippen molar-refractivity contribution in [1.82, 2.24) is 9.88 Å². The van der Waals surface area contributed by atoms with E-state index in [1.54, 1.807) is 7.11 Å². The zero-order chi connectivity index (χ0) is 23.8. The van der Waals surface area contributed by atoms with Gasteiger partial charge in [-0.3, -0.25) is 9.69 Å². The summed E-state index contributed by atoms with van der Waals surface area (Å²) in [6, 6.07) is 14.0. The smallest absolute Gasteiger partial charge is 0.236 e. The van der Waals surface area contributed by atoms with E-state index in [4.69, 9.17) is 18.9 Å². The van der Waals surface area contributed by atoms with Crippen LogP contribution in [0.1, 0.15) is 34.9 Å². The van der Waals surface area contributed by atoms with Gasteiger partial charge in [-0.2, -0.15) is 0 Å². The predicted octanol–water partition coefficient (Wildman–Crippen LogP) is 3.97. The van der Waals surface area contributed by atoms with Gasteiger partial charge in [-0.25, -0.2) is 4.98 Å². The molecule has 1 aromatic heterocycles. The van der Waals surface area contributed by atoms with Gasteiger partial charge < -0.3 is 24.3 Å². The Bertz CT molecular complexity index is 1220. The molecule has 0 radical (unpaired) electrons. The van der Waals surface area contributed by atoms with Gasteiger partial charge in [-0.05, 0) is 48.2 Å². The van der Waals surface area contributed by atoms with Crippen LogP contribution in [0.3, 0.4) is 0 Å². The summed E-state index contributed by atoms with van der Waals surface area (Å²) >= 11 is 1.53. The Labute approximate surface area is 207 Å². The van der Waals surface area contributed by atoms with Crippen molar-refractivity contribution in [2.75, 3.05) is 45.5 Å². The van der Waals surface area contributed by atoms with E-state index in [0.717, 1.165) is 53.4 Å². The number of fused-ring (bicyclic) bond motifs is 1. The highest BCUT2D eigenvalue weighted by molar-refractivity contribution is 7.15. The van der Waals surface area contributed by atoms with Crippen molar-refractivity contribution in [3.8, 4) is 17.2 Å². The van der Waals surface area contributed by atoms with Crippen LogP contribution in [0.5, 0.6) is 17.2 Å². The number of benzene rings is 2. The van der Waals surface area contributed by atoms with E-state index in [1.165, 1.54) is 11.3 Å². The SMILES string of the molecule is COc1ccc(C(c2cnc(NC(=O)C3(c4ccc5c(c4)OCO5)CC3)s2)N2CCOCC2)cc1. The molecule has 1 N–H and O–H groups in total. The van der Waals surface area contributed by atoms with E-state index in [0.29, 0.717) is 24.1 Å². The number of thiazole rings is 1. The highest BCUT2D eigenvalue weighted by Crippen LogP contribution is 2.51. The lowest BCUT2D eigenvalue weighted by atomic mass is 9.94. The standard InChI is InChI=1S/C26H27N3O5S/c1-31-19-5-2-17(3-6-19)23(29-10-12-32-13-11-29)22-15-27-25(35-22)28-24(30)26(8-9-26)18-4-7-20-21(14-18)34-16-33-20/h2-7,14-15,23H,8-13,16H2,1H3,(H,27,28,30). The summed E-state index contributed by atoms with van der Waals surface area (Å²) in [5.41, 5.74) is 1.58. The number of nitrogens with one attached hydrogen (secondary N) is 1. The van der Waals surface area contributed by atoms with Gasteiger partial charge in [0, 0.05) is 24.2 Å². The van der Waals surface area contributed by atoms with Crippen LogP contribution in [-0.4, -0.2) is 56.0 Å². The third-order valence-corrected chi connectivity index (χ3v) is 7.93. The van der Waals surface area contributed by atoms with Crippen LogP contribution >= 0.6 is 11.3 Å². The van der Waals surface area contributed by atoms with Crippen LogP contribution in [-0.2, 0) is 14.9 Å². The molecule has 6 rings (SSSR count). The molecule has 1 amide bonds. The van der Waals surface area contributed by atoms with E-state index in [2.05, 4.69) is 27.3 Å². The summed E-state index contributed by atoms with van der Waals surface area (Å²) in [7, 11) is 1.67. The van der Waals surface area contributed by atoms with Crippen molar-refractivity contribution in [3.05, 3.63) is 64.7 Å². The monoisotopic (exact) mass is 493 g/mol. The van der Waals surface area contributed by atoms with Crippen molar-refractivity contribution < 1.29 is 23.7 Å². The van der Waals surface area contributed by atoms with Crippen molar-refractivity contribution in [1.29, 1.82) is 0 Å². The number of methoxy groups -OCH3 is 1. The molecule has 1 unspecified atom stereocenters. The average molecular weight is 494 g/mol. The van der Waals surface area contributed by atoms with Crippen LogP contribution in [0.4, 0.5) is 5.13 Å². The fourth-order valence-electron chi connectivity index (χ4n) is 4.83. The van der Waals surface area contributed by atoms with E-state index < -0.39 is 5.41 Å². The minimum Gasteiger partial charge on any atom is -0.497 e. The molecule has 3 heterocycles. The van der Waals surface area contributed by atoms with Crippen LogP contribution < -0.4 is 19.5 Å². The van der Waals surface area contributed by atoms with Gasteiger partial charge in [0.05, 0.1) is 31.8 Å². The number of morpholine rings is 1. The second kappa shape index (κ2) is 9.14. The van der Waals surface area contributed by atoms with Crippen molar-refractivity contribution >= 4 is 22.4 Å². The highest BCUT2D eigenvalue weighted by Gasteiger charge is 2.52. The maximum absolute atomic E-state index is 13.4. The number of ether oxygens (including phenoxy) is 4. The topological polar surface area (TPSA) is 82.2 Å². The van der Waals surface area contributed by atoms with Crippen LogP contribution in [0, 0.1) is 0 Å². The lowest BCUT2D eigenvalue weighted by Gasteiger charge is -2.34. The van der Waals surface area contributed by atoms with Gasteiger partial charge in [0.25, 0.3) is 0 Å². The second-order valence-electron chi connectivity index (χ2n) is 9.00. The minimum atomic E-state index is -0.535. The second-order valence-corrected chi connectivity index (χ2v) is 10.1. The maximum Gasteiger partial charge on any atom is 0.236 e. The molecule has 1 aliphatic carbocycles. The van der Waals surface area contributed by atoms with E-state index in [9.17, 15) is 4.79 Å². The highest BCUT2D eigenvalue weighted by atomic mass is 32.1. The Morgan fingerprint density at radius 2 is 1.89 bits per heavy atom. The lowest BCUT2D eigenvalue weighted by molar-refractivity contribution is -0.118. The lowest BCUT2D eigenvalue weighted by Crippen LogP contribution is -2.39. The number of nitrogens with zero attached hydrogens (tertiary/aromatic N) is 2. The first-order valence-electron chi connectivity index (χ1n) is 11.8. The third kappa shape index (κ3) is 4.24. The van der Waals surface area contributed by atoms with Gasteiger partial charge in [-0.1, -0.05) is 29.5 Å². The normalized spacial score (nSPS) is 19.2. The fourth-order valence-corrected chi connectivity index (χ4v) is 5.81. The molecule has 0 spiro atoms. The van der Waals surface area contributed by atoms with Gasteiger partial charge in [-0.15, -0.1) is 0 Å². The molecule has 2 fully saturated rings. The minimum absolute atomic E-state index is 0.0235. The molecule has 182 valence electrons. The quantitative estimate of drug-likeness (QED) is 0.533. The first kappa shape index (κ1) is 22.3. The van der Waals surface area contributed by atoms with Gasteiger partial charge in [0.1, 0.15) is 5.75 Å². The molecule has 8 nitrogen and oxygen atoms in total. The van der Waals surface area contributed by atoms with E-state index in [1.807, 2.05) is 36.5 Å². The Morgan fingerprint density at radius 1 is 1.11 bits per heavy atom. The first-order chi connectivity index (χ1) is 17.2. The largest absolute Gasteiger partial charge is 0.497 e. The Hall–Kier alpha value is -3.14. The van der Waals surface area contributed by atoms with Crippen molar-refractivity contribution in [2.45, 2.75) is 24.3 Å². The molecule has 0 bridgehead atoms. The molecular weight excluding hydrogens is 466 g/mol. The van der Waals surface area contributed by atoms with E-state index in [-0.39, 0.29) is 18.7 Å². The number of amides is 1. The Morgan fingerprint density at radius 3 is 2.63 bits per heavy atom. The molecule has 3 aromatic rings. The third-order valence-electron chi connectivity index (χ3n) is 6.97. The number of anilines is 1. The zero-order valence-electron chi connectivity index (χ0n) is 19.5. The Balaban J connectivity index is 1.23. The average Bonchev–Trinajstić information content (AvgIpc) is 3.37. The van der Waals surface area contributed by atoms with Crippen molar-refractivity contribution in [2.24, 2.45) is 0 Å². The van der Waals surface area contributed by atoms with Gasteiger partial charge in [0.15, 0.2) is 16.6 Å². The number of carbonyl (C=O) groups excluding carboxylic acids is 1. The van der Waals surface area contributed by atoms with E-state index >= 15 is 0 Å². The summed E-state index contributed by atoms with van der Waals surface area (Å²) in [5, 5.41) is 3.71. The molecule has 35 heavy (non-hydrogen) atoms. The number of hydrogen-bond acceptors (Lipinski definition) is 8. The van der Waals surface area contributed by atoms with Crippen LogP contribution in [0.25, 0.3) is 0 Å². The van der Waals surface area contributed by atoms with Crippen molar-refractivity contribution in [3.63, 3.8) is 0 Å². The molecular formula is C26H27N3O5S. The number of rotatable bonds is 7. The summed E-state index contributed by atoms with van der Waals surface area (Å²) in [4.78, 5) is 21.4. The fraction of sp³-hybridized carbons (Fsp3) is 0.385. The number of carbonyl (C=O) groups is 1. The van der Waals surface area contributed by atoms with Gasteiger partial charge in [0.2, 0.25) is 12.7 Å². The summed E-state index contributed by atoms with van der Waals surface area (Å²) in [6.07, 6.45) is 3.49. The van der Waals surface area contributed by atoms with Crippen LogP contribution in [0.2, 0.25) is 0 Å². The molecule has 1 atom stereocenters. The molecule has 1 saturated heterocycles. The summed E-state index contributed by atoms with van der Waals surface area (Å²) in [6.45, 7) is 3.30. The molecule has 9 heteroatoms. The number of hydrogen-bond donors (Lipinski definition) is 1. The molecule has 2 aliphatic heterocycles. The molecule has 2 aromatic carbocycles. The summed E-state index contributed by atoms with van der Waals surface area (Å²) in [5.74, 6) is 2.22. The zero-order valence-corrected chi connectivity index (χ0v) is 20.3. The Kier molecular flexibility index (Phi) is 5.83. The van der Waals surface area contributed by atoms with Gasteiger partial charge >= 0.3 is 0 Å². The maximum atomic E-state index is 13.4. The molecule has 3 aliphatic rings. The first-order valence-corrected chi connectivity index (χ1v) is 12.6. The predicted molar refractivity (Wildman–Crippen MR) is 131 cm³/mol. The van der Waals surface area contributed by atoms with Crippen LogP contribution in [0.15, 0.2) is 48.7 Å².